The van der Waals surface area contributed by atoms with E-state index in [1.54, 1.807) is 0 Å². The average molecular weight is 625 g/mol. The Bertz CT molecular complexity index is 1750. The van der Waals surface area contributed by atoms with Gasteiger partial charge in [0.05, 0.1) is 17.8 Å². The molecule has 206 valence electrons. The Morgan fingerprint density at radius 2 is 1.78 bits per heavy atom. The number of hydrogen-bond acceptors (Lipinski definition) is 3. The van der Waals surface area contributed by atoms with Gasteiger partial charge < -0.3 is 20.1 Å². The standard InChI is InChI=1S/C33H30BrN5OS/c1-21-19-27(22(2)39(21)25-12-8-11-24(34)20-25)32-31(29-14-5-6-17-35-29)37-33(41)38(32)18-16-30(40)36-28-15-7-10-23-9-3-4-13-26(23)28/h3-15,17,19-20,31-32H,16,18H2,1-2H3,(H,36,40)(H,37,41)/t31-,32-/m0/s1. The van der Waals surface area contributed by atoms with E-state index in [1.807, 2.05) is 79.0 Å². The fourth-order valence-corrected chi connectivity index (χ4v) is 6.57. The maximum Gasteiger partial charge on any atom is 0.226 e. The van der Waals surface area contributed by atoms with E-state index in [2.05, 4.69) is 73.1 Å². The van der Waals surface area contributed by atoms with Crippen LogP contribution in [0.15, 0.2) is 102 Å². The van der Waals surface area contributed by atoms with Crippen molar-refractivity contribution in [3.63, 3.8) is 0 Å². The molecule has 0 bridgehead atoms. The molecule has 5 aromatic rings. The summed E-state index contributed by atoms with van der Waals surface area (Å²) in [5.41, 5.74) is 6.22. The SMILES string of the molecule is Cc1cc([C@H]2[C@H](c3ccccn3)NC(=S)N2CCC(=O)Nc2cccc3ccccc23)c(C)n1-c1cccc(Br)c1. The summed E-state index contributed by atoms with van der Waals surface area (Å²) in [5, 5.41) is 9.38. The smallest absolute Gasteiger partial charge is 0.226 e. The van der Waals surface area contributed by atoms with Gasteiger partial charge in [0.15, 0.2) is 5.11 Å². The van der Waals surface area contributed by atoms with E-state index in [9.17, 15) is 4.79 Å². The molecule has 0 radical (unpaired) electrons. The third-order valence-corrected chi connectivity index (χ3v) is 8.54. The first-order valence-corrected chi connectivity index (χ1v) is 14.8. The lowest BCUT2D eigenvalue weighted by Crippen LogP contribution is -2.33. The van der Waals surface area contributed by atoms with E-state index >= 15 is 0 Å². The molecule has 0 aliphatic carbocycles. The maximum absolute atomic E-state index is 13.2. The lowest BCUT2D eigenvalue weighted by molar-refractivity contribution is -0.116. The monoisotopic (exact) mass is 623 g/mol. The lowest BCUT2D eigenvalue weighted by Gasteiger charge is -2.28. The minimum atomic E-state index is -0.152. The van der Waals surface area contributed by atoms with Crippen LogP contribution in [0.4, 0.5) is 5.69 Å². The number of thiocarbonyl (C=S) groups is 1. The Morgan fingerprint density at radius 1 is 1.00 bits per heavy atom. The number of rotatable bonds is 7. The van der Waals surface area contributed by atoms with Gasteiger partial charge in [-0.05, 0) is 79.5 Å². The zero-order chi connectivity index (χ0) is 28.5. The Kier molecular flexibility index (Phi) is 7.60. The van der Waals surface area contributed by atoms with E-state index in [0.29, 0.717) is 18.1 Å². The van der Waals surface area contributed by atoms with Gasteiger partial charge in [-0.3, -0.25) is 9.78 Å². The van der Waals surface area contributed by atoms with Gasteiger partial charge in [0.1, 0.15) is 0 Å². The van der Waals surface area contributed by atoms with Crippen molar-refractivity contribution in [2.24, 2.45) is 0 Å². The van der Waals surface area contributed by atoms with Gasteiger partial charge in [-0.1, -0.05) is 64.5 Å². The molecule has 3 aromatic carbocycles. The summed E-state index contributed by atoms with van der Waals surface area (Å²) < 4.78 is 3.29. The minimum absolute atomic E-state index is 0.0520. The van der Waals surface area contributed by atoms with Crippen LogP contribution in [0, 0.1) is 13.8 Å². The predicted molar refractivity (Wildman–Crippen MR) is 172 cm³/mol. The molecule has 0 saturated carbocycles. The summed E-state index contributed by atoms with van der Waals surface area (Å²) in [5.74, 6) is -0.0520. The molecule has 0 unspecified atom stereocenters. The number of carbonyl (C=O) groups is 1. The first-order chi connectivity index (χ1) is 19.9. The summed E-state index contributed by atoms with van der Waals surface area (Å²) >= 11 is 9.49. The van der Waals surface area contributed by atoms with Crippen LogP contribution in [0.5, 0.6) is 0 Å². The second kappa shape index (κ2) is 11.5. The topological polar surface area (TPSA) is 62.2 Å². The Balaban J connectivity index is 1.31. The van der Waals surface area contributed by atoms with Gasteiger partial charge in [-0.25, -0.2) is 0 Å². The summed E-state index contributed by atoms with van der Waals surface area (Å²) in [6.07, 6.45) is 2.10. The number of aryl methyl sites for hydroxylation is 1. The zero-order valence-electron chi connectivity index (χ0n) is 22.8. The molecule has 1 saturated heterocycles. The predicted octanol–water partition coefficient (Wildman–Crippen LogP) is 7.41. The molecular formula is C33H30BrN5OS. The van der Waals surface area contributed by atoms with Crippen LogP contribution >= 0.6 is 28.1 Å². The number of fused-ring (bicyclic) bond motifs is 1. The van der Waals surface area contributed by atoms with Crippen molar-refractivity contribution in [3.05, 3.63) is 124 Å². The van der Waals surface area contributed by atoms with Crippen LogP contribution in [-0.4, -0.2) is 32.0 Å². The average Bonchev–Trinajstić information content (AvgIpc) is 3.46. The molecule has 1 amide bonds. The second-order valence-electron chi connectivity index (χ2n) is 10.3. The van der Waals surface area contributed by atoms with E-state index in [1.165, 1.54) is 0 Å². The fourth-order valence-electron chi connectivity index (χ4n) is 5.85. The first-order valence-electron chi connectivity index (χ1n) is 13.6. The van der Waals surface area contributed by atoms with Gasteiger partial charge in [-0.15, -0.1) is 0 Å². The van der Waals surface area contributed by atoms with E-state index in [-0.39, 0.29) is 18.0 Å². The van der Waals surface area contributed by atoms with Crippen LogP contribution in [0.3, 0.4) is 0 Å². The number of benzene rings is 3. The Labute approximate surface area is 253 Å². The van der Waals surface area contributed by atoms with Crippen molar-refractivity contribution in [3.8, 4) is 5.69 Å². The molecule has 2 aromatic heterocycles. The number of amides is 1. The van der Waals surface area contributed by atoms with Crippen LogP contribution < -0.4 is 10.6 Å². The molecule has 2 atom stereocenters. The van der Waals surface area contributed by atoms with Crippen LogP contribution in [-0.2, 0) is 4.79 Å². The largest absolute Gasteiger partial charge is 0.352 e. The van der Waals surface area contributed by atoms with E-state index < -0.39 is 0 Å². The van der Waals surface area contributed by atoms with E-state index in [4.69, 9.17) is 12.2 Å². The van der Waals surface area contributed by atoms with Crippen molar-refractivity contribution in [2.75, 3.05) is 11.9 Å². The van der Waals surface area contributed by atoms with Crippen LogP contribution in [0.25, 0.3) is 16.5 Å². The Morgan fingerprint density at radius 3 is 2.59 bits per heavy atom. The van der Waals surface area contributed by atoms with Crippen LogP contribution in [0.2, 0.25) is 0 Å². The molecule has 6 nitrogen and oxygen atoms in total. The number of halogens is 1. The zero-order valence-corrected chi connectivity index (χ0v) is 25.2. The van der Waals surface area contributed by atoms with Gasteiger partial charge in [-0.2, -0.15) is 0 Å². The van der Waals surface area contributed by atoms with Crippen molar-refractivity contribution in [2.45, 2.75) is 32.4 Å². The summed E-state index contributed by atoms with van der Waals surface area (Å²) in [6, 6.07) is 30.2. The first kappa shape index (κ1) is 27.2. The van der Waals surface area contributed by atoms with Crippen molar-refractivity contribution in [1.29, 1.82) is 0 Å². The number of anilines is 1. The van der Waals surface area contributed by atoms with Crippen molar-refractivity contribution >= 4 is 55.6 Å². The summed E-state index contributed by atoms with van der Waals surface area (Å²) in [4.78, 5) is 20.1. The highest BCUT2D eigenvalue weighted by molar-refractivity contribution is 9.10. The van der Waals surface area contributed by atoms with E-state index in [0.717, 1.165) is 49.3 Å². The number of pyridine rings is 1. The van der Waals surface area contributed by atoms with Crippen molar-refractivity contribution in [1.82, 2.24) is 19.8 Å². The number of nitrogens with zero attached hydrogens (tertiary/aromatic N) is 3. The highest BCUT2D eigenvalue weighted by Crippen LogP contribution is 2.41. The summed E-state index contributed by atoms with van der Waals surface area (Å²) in [7, 11) is 0. The quantitative estimate of drug-likeness (QED) is 0.185. The maximum atomic E-state index is 13.2. The highest BCUT2D eigenvalue weighted by Gasteiger charge is 2.41. The van der Waals surface area contributed by atoms with Gasteiger partial charge in [0.25, 0.3) is 0 Å². The number of hydrogen-bond donors (Lipinski definition) is 2. The fraction of sp³-hybridized carbons (Fsp3) is 0.182. The summed E-state index contributed by atoms with van der Waals surface area (Å²) in [6.45, 7) is 4.73. The molecule has 1 aliphatic heterocycles. The molecule has 1 fully saturated rings. The Hall–Kier alpha value is -4.01. The van der Waals surface area contributed by atoms with Gasteiger partial charge in [0, 0.05) is 51.8 Å². The normalized spacial score (nSPS) is 16.7. The lowest BCUT2D eigenvalue weighted by atomic mass is 9.96. The molecule has 1 aliphatic rings. The molecule has 6 rings (SSSR count). The molecule has 41 heavy (non-hydrogen) atoms. The molecule has 3 heterocycles. The third-order valence-electron chi connectivity index (χ3n) is 7.70. The number of nitrogens with one attached hydrogen (secondary N) is 2. The second-order valence-corrected chi connectivity index (χ2v) is 11.6. The minimum Gasteiger partial charge on any atom is -0.352 e. The molecule has 2 N–H and O–H groups in total. The molecule has 8 heteroatoms. The van der Waals surface area contributed by atoms with Crippen molar-refractivity contribution < 1.29 is 4.79 Å². The highest BCUT2D eigenvalue weighted by atomic mass is 79.9. The van der Waals surface area contributed by atoms with Crippen LogP contribution in [0.1, 0.15) is 41.1 Å². The number of aromatic nitrogens is 2. The third kappa shape index (κ3) is 5.37. The molecular weight excluding hydrogens is 594 g/mol. The van der Waals surface area contributed by atoms with Gasteiger partial charge >= 0.3 is 0 Å². The number of carbonyl (C=O) groups excluding carboxylic acids is 1. The molecule has 0 spiro atoms. The van der Waals surface area contributed by atoms with Gasteiger partial charge in [0.2, 0.25) is 5.91 Å².